The molecule has 2 rings (SSSR count). The number of rotatable bonds is 7. The molecule has 2 amide bonds. The fourth-order valence-corrected chi connectivity index (χ4v) is 4.47. The number of carbonyl (C=O) groups excluding carboxylic acids is 4. The van der Waals surface area contributed by atoms with Crippen LogP contribution in [-0.4, -0.2) is 45.0 Å². The molecule has 8 nitrogen and oxygen atoms in total. The van der Waals surface area contributed by atoms with Gasteiger partial charge in [0.15, 0.2) is 0 Å². The molecule has 1 atom stereocenters. The number of allylic oxidation sites excluding steroid dienone is 1. The smallest absolute Gasteiger partial charge is 0.354 e. The van der Waals surface area contributed by atoms with Gasteiger partial charge in [-0.05, 0) is 50.0 Å². The van der Waals surface area contributed by atoms with Crippen molar-refractivity contribution in [2.75, 3.05) is 14.2 Å². The highest BCUT2D eigenvalue weighted by Crippen LogP contribution is 2.25. The summed E-state index contributed by atoms with van der Waals surface area (Å²) in [5.41, 5.74) is 1.37. The van der Waals surface area contributed by atoms with E-state index in [9.17, 15) is 19.2 Å². The Morgan fingerprint density at radius 2 is 1.34 bits per heavy atom. The Kier molecular flexibility index (Phi) is 14.9. The minimum Gasteiger partial charge on any atom is -0.467 e. The van der Waals surface area contributed by atoms with Crippen LogP contribution in [0.2, 0.25) is 0 Å². The van der Waals surface area contributed by atoms with Crippen molar-refractivity contribution in [2.45, 2.75) is 95.9 Å². The average Bonchev–Trinajstić information content (AvgIpc) is 2.76. The average molecular weight is 453 g/mol. The van der Waals surface area contributed by atoms with Crippen molar-refractivity contribution >= 4 is 24.8 Å². The summed E-state index contributed by atoms with van der Waals surface area (Å²) < 4.78 is 9.40. The van der Waals surface area contributed by atoms with Crippen LogP contribution in [0.1, 0.15) is 89.9 Å². The third-order valence-corrected chi connectivity index (χ3v) is 6.23. The minimum atomic E-state index is -0.458. The molecule has 2 fully saturated rings. The van der Waals surface area contributed by atoms with Crippen LogP contribution in [0, 0.1) is 5.92 Å². The monoisotopic (exact) mass is 452 g/mol. The van der Waals surface area contributed by atoms with E-state index in [1.165, 1.54) is 52.7 Å². The van der Waals surface area contributed by atoms with Gasteiger partial charge in [0, 0.05) is 0 Å². The van der Waals surface area contributed by atoms with Crippen LogP contribution in [0.5, 0.6) is 0 Å². The van der Waals surface area contributed by atoms with E-state index in [2.05, 4.69) is 15.4 Å². The molecular formula is C24H40N2O6. The summed E-state index contributed by atoms with van der Waals surface area (Å²) in [5, 5.41) is 5.07. The van der Waals surface area contributed by atoms with Gasteiger partial charge in [-0.3, -0.25) is 9.59 Å². The molecule has 0 spiro atoms. The van der Waals surface area contributed by atoms with E-state index >= 15 is 0 Å². The fraction of sp³-hybridized carbons (Fsp3) is 0.750. The molecule has 8 heteroatoms. The highest BCUT2D eigenvalue weighted by Gasteiger charge is 2.28. The topological polar surface area (TPSA) is 111 Å². The molecule has 0 aromatic heterocycles. The first-order chi connectivity index (χ1) is 15.6. The molecule has 0 radical (unpaired) electrons. The second kappa shape index (κ2) is 17.2. The summed E-state index contributed by atoms with van der Waals surface area (Å²) in [6.45, 7) is 0. The molecule has 0 aliphatic heterocycles. The van der Waals surface area contributed by atoms with Gasteiger partial charge in [0.1, 0.15) is 11.7 Å². The van der Waals surface area contributed by atoms with Gasteiger partial charge in [-0.25, -0.2) is 9.59 Å². The van der Waals surface area contributed by atoms with E-state index < -0.39 is 12.0 Å². The number of hydrogen-bond acceptors (Lipinski definition) is 6. The third-order valence-electron chi connectivity index (χ3n) is 6.23. The van der Waals surface area contributed by atoms with Gasteiger partial charge in [0.25, 0.3) is 0 Å². The Hall–Kier alpha value is -2.38. The maximum absolute atomic E-state index is 11.6. The second-order valence-electron chi connectivity index (χ2n) is 8.39. The molecule has 0 bridgehead atoms. The van der Waals surface area contributed by atoms with Crippen molar-refractivity contribution in [1.29, 1.82) is 0 Å². The van der Waals surface area contributed by atoms with Crippen LogP contribution in [0.15, 0.2) is 11.3 Å². The van der Waals surface area contributed by atoms with E-state index in [-0.39, 0.29) is 11.9 Å². The van der Waals surface area contributed by atoms with Crippen molar-refractivity contribution in [3.8, 4) is 0 Å². The van der Waals surface area contributed by atoms with E-state index in [4.69, 9.17) is 4.74 Å². The Morgan fingerprint density at radius 3 is 1.81 bits per heavy atom. The number of ether oxygens (including phenoxy) is 2. The normalized spacial score (nSPS) is 18.6. The number of esters is 2. The molecule has 182 valence electrons. The Labute approximate surface area is 191 Å². The molecule has 2 N–H and O–H groups in total. The summed E-state index contributed by atoms with van der Waals surface area (Å²) in [6, 6.07) is -0.458. The molecule has 2 aliphatic carbocycles. The molecule has 0 saturated heterocycles. The lowest BCUT2D eigenvalue weighted by atomic mass is 9.86. The largest absolute Gasteiger partial charge is 0.467 e. The summed E-state index contributed by atoms with van der Waals surface area (Å²) >= 11 is 0. The lowest BCUT2D eigenvalue weighted by molar-refractivity contribution is -0.146. The molecular weight excluding hydrogens is 412 g/mol. The molecule has 0 aromatic carbocycles. The van der Waals surface area contributed by atoms with Gasteiger partial charge in [0.05, 0.1) is 14.2 Å². The highest BCUT2D eigenvalue weighted by molar-refractivity contribution is 5.91. The Bertz CT molecular complexity index is 602. The maximum Gasteiger partial charge on any atom is 0.354 e. The van der Waals surface area contributed by atoms with E-state index in [1.807, 2.05) is 0 Å². The van der Waals surface area contributed by atoms with Crippen molar-refractivity contribution in [3.05, 3.63) is 11.3 Å². The zero-order valence-corrected chi connectivity index (χ0v) is 19.7. The molecule has 2 saturated carbocycles. The van der Waals surface area contributed by atoms with Crippen LogP contribution in [0.25, 0.3) is 0 Å². The number of hydrogen-bond donors (Lipinski definition) is 2. The van der Waals surface area contributed by atoms with E-state index in [0.29, 0.717) is 18.5 Å². The Morgan fingerprint density at radius 1 is 0.812 bits per heavy atom. The molecule has 0 heterocycles. The first-order valence-electron chi connectivity index (χ1n) is 11.9. The summed E-state index contributed by atoms with van der Waals surface area (Å²) in [4.78, 5) is 44.0. The van der Waals surface area contributed by atoms with Gasteiger partial charge in [0.2, 0.25) is 12.8 Å². The number of amides is 2. The minimum absolute atomic E-state index is 0.234. The lowest BCUT2D eigenvalue weighted by Gasteiger charge is -2.26. The molecule has 1 unspecified atom stereocenters. The fourth-order valence-electron chi connectivity index (χ4n) is 4.47. The molecule has 32 heavy (non-hydrogen) atoms. The predicted molar refractivity (Wildman–Crippen MR) is 121 cm³/mol. The third kappa shape index (κ3) is 10.3. The summed E-state index contributed by atoms with van der Waals surface area (Å²) in [7, 11) is 2.70. The standard InChI is InChI=1S/C12H21NO3.C12H19NO3/c2*1-16-12(15)11(13-9-14)10-7-5-3-2-4-6-8-10/h9-11H,2-8H2,1H3,(H,13,14);9H,2-8H2,1H3,(H,13,14). The van der Waals surface area contributed by atoms with Crippen molar-refractivity contribution in [1.82, 2.24) is 10.6 Å². The maximum atomic E-state index is 11.6. The lowest BCUT2D eigenvalue weighted by Crippen LogP contribution is -2.43. The van der Waals surface area contributed by atoms with E-state index in [1.54, 1.807) is 0 Å². The van der Waals surface area contributed by atoms with Crippen molar-refractivity contribution in [2.24, 2.45) is 5.92 Å². The molecule has 0 aromatic rings. The highest BCUT2D eigenvalue weighted by atomic mass is 16.5. The van der Waals surface area contributed by atoms with Gasteiger partial charge in [-0.1, -0.05) is 51.4 Å². The predicted octanol–water partition coefficient (Wildman–Crippen LogP) is 3.54. The van der Waals surface area contributed by atoms with Gasteiger partial charge in [-0.15, -0.1) is 0 Å². The number of nitrogens with one attached hydrogen (secondary N) is 2. The second-order valence-corrected chi connectivity index (χ2v) is 8.39. The van der Waals surface area contributed by atoms with Crippen molar-refractivity contribution in [3.63, 3.8) is 0 Å². The van der Waals surface area contributed by atoms with Gasteiger partial charge >= 0.3 is 11.9 Å². The van der Waals surface area contributed by atoms with Crippen LogP contribution in [0.3, 0.4) is 0 Å². The summed E-state index contributed by atoms with van der Waals surface area (Å²) in [6.07, 6.45) is 16.7. The van der Waals surface area contributed by atoms with Crippen LogP contribution in [0.4, 0.5) is 0 Å². The Balaban J connectivity index is 0.000000320. The summed E-state index contributed by atoms with van der Waals surface area (Å²) in [5.74, 6) is -0.529. The van der Waals surface area contributed by atoms with Crippen LogP contribution >= 0.6 is 0 Å². The van der Waals surface area contributed by atoms with Gasteiger partial charge in [-0.2, -0.15) is 0 Å². The molecule has 2 aliphatic rings. The van der Waals surface area contributed by atoms with Crippen LogP contribution in [-0.2, 0) is 28.7 Å². The first-order valence-corrected chi connectivity index (χ1v) is 11.9. The first kappa shape index (κ1) is 27.7. The SMILES string of the molecule is COC(=O)C(NC=O)=C1CCCCCCC1.COC(=O)C(NC=O)C1CCCCCCC1. The zero-order valence-electron chi connectivity index (χ0n) is 19.7. The quantitative estimate of drug-likeness (QED) is 0.347. The number of methoxy groups -OCH3 is 2. The van der Waals surface area contributed by atoms with Crippen molar-refractivity contribution < 1.29 is 28.7 Å². The number of carbonyl (C=O) groups is 4. The van der Waals surface area contributed by atoms with E-state index in [0.717, 1.165) is 56.9 Å². The van der Waals surface area contributed by atoms with Crippen LogP contribution < -0.4 is 10.6 Å². The van der Waals surface area contributed by atoms with Gasteiger partial charge < -0.3 is 20.1 Å². The zero-order chi connectivity index (χ0) is 23.6.